The Hall–Kier alpha value is -2.66. The summed E-state index contributed by atoms with van der Waals surface area (Å²) in [4.78, 5) is 26.3. The smallest absolute Gasteiger partial charge is 0.244 e. The van der Waals surface area contributed by atoms with Gasteiger partial charge in [0.2, 0.25) is 11.8 Å². The van der Waals surface area contributed by atoms with E-state index < -0.39 is 6.04 Å². The summed E-state index contributed by atoms with van der Waals surface area (Å²) in [5, 5.41) is 2.90. The molecule has 5 nitrogen and oxygen atoms in total. The number of likely N-dealkylation sites (N-methyl/N-ethyl adjacent to an activating group) is 1. The predicted molar refractivity (Wildman–Crippen MR) is 105 cm³/mol. The molecule has 0 bridgehead atoms. The topological polar surface area (TPSA) is 75.4 Å². The number of hydrogen-bond donors (Lipinski definition) is 2. The van der Waals surface area contributed by atoms with Gasteiger partial charge in [-0.05, 0) is 44.4 Å². The molecular weight excluding hydrogens is 326 g/mol. The lowest BCUT2D eigenvalue weighted by Gasteiger charge is -2.22. The van der Waals surface area contributed by atoms with Crippen LogP contribution in [0.2, 0.25) is 0 Å². The van der Waals surface area contributed by atoms with Gasteiger partial charge < -0.3 is 16.0 Å². The Kier molecular flexibility index (Phi) is 6.16. The average Bonchev–Trinajstić information content (AvgIpc) is 2.57. The van der Waals surface area contributed by atoms with Crippen LogP contribution in [-0.4, -0.2) is 30.3 Å². The first kappa shape index (κ1) is 19.7. The number of anilines is 1. The lowest BCUT2D eigenvalue weighted by Crippen LogP contribution is -2.40. The summed E-state index contributed by atoms with van der Waals surface area (Å²) in [7, 11) is 1.59. The summed E-state index contributed by atoms with van der Waals surface area (Å²) in [5.41, 5.74) is 11.8. The number of nitrogens with one attached hydrogen (secondary N) is 1. The van der Waals surface area contributed by atoms with Crippen molar-refractivity contribution in [2.24, 2.45) is 5.73 Å². The summed E-state index contributed by atoms with van der Waals surface area (Å²) in [6.07, 6.45) is 0. The van der Waals surface area contributed by atoms with Crippen LogP contribution in [0.4, 0.5) is 5.69 Å². The van der Waals surface area contributed by atoms with E-state index in [0.717, 1.165) is 33.5 Å². The van der Waals surface area contributed by atoms with Crippen molar-refractivity contribution in [2.75, 3.05) is 18.9 Å². The van der Waals surface area contributed by atoms with E-state index in [1.54, 1.807) is 7.05 Å². The number of nitrogens with zero attached hydrogens (tertiary/aromatic N) is 1. The Morgan fingerprint density at radius 3 is 2.08 bits per heavy atom. The number of hydrogen-bond acceptors (Lipinski definition) is 3. The van der Waals surface area contributed by atoms with Gasteiger partial charge in [0.15, 0.2) is 0 Å². The number of rotatable bonds is 5. The quantitative estimate of drug-likeness (QED) is 0.867. The number of benzene rings is 2. The molecule has 2 aromatic carbocycles. The highest BCUT2D eigenvalue weighted by Crippen LogP contribution is 2.22. The van der Waals surface area contributed by atoms with Crippen molar-refractivity contribution in [3.63, 3.8) is 0 Å². The van der Waals surface area contributed by atoms with Crippen LogP contribution in [0.1, 0.15) is 33.9 Å². The highest BCUT2D eigenvalue weighted by atomic mass is 16.2. The van der Waals surface area contributed by atoms with E-state index in [1.807, 2.05) is 64.1 Å². The van der Waals surface area contributed by atoms with Crippen LogP contribution >= 0.6 is 0 Å². The second-order valence-electron chi connectivity index (χ2n) is 6.90. The van der Waals surface area contributed by atoms with Crippen molar-refractivity contribution < 1.29 is 9.59 Å². The minimum absolute atomic E-state index is 0.0504. The van der Waals surface area contributed by atoms with Gasteiger partial charge in [-0.2, -0.15) is 0 Å². The fourth-order valence-electron chi connectivity index (χ4n) is 3.00. The Balaban J connectivity index is 2.02. The summed E-state index contributed by atoms with van der Waals surface area (Å²) in [5.74, 6) is -0.534. The average molecular weight is 353 g/mol. The van der Waals surface area contributed by atoms with Crippen LogP contribution in [0.3, 0.4) is 0 Å². The summed E-state index contributed by atoms with van der Waals surface area (Å²) in [6, 6.07) is 10.8. The molecule has 0 aliphatic heterocycles. The van der Waals surface area contributed by atoms with Crippen molar-refractivity contribution in [3.05, 3.63) is 64.2 Å². The molecule has 1 atom stereocenters. The molecule has 26 heavy (non-hydrogen) atoms. The molecule has 0 spiro atoms. The zero-order chi connectivity index (χ0) is 19.4. The Morgan fingerprint density at radius 1 is 1.00 bits per heavy atom. The monoisotopic (exact) mass is 353 g/mol. The fraction of sp³-hybridized carbons (Fsp3) is 0.333. The first-order valence-electron chi connectivity index (χ1n) is 8.64. The van der Waals surface area contributed by atoms with Gasteiger partial charge in [-0.15, -0.1) is 0 Å². The van der Waals surface area contributed by atoms with E-state index in [-0.39, 0.29) is 18.4 Å². The molecule has 0 aromatic heterocycles. The Bertz CT molecular complexity index is 790. The molecular formula is C21H27N3O2. The van der Waals surface area contributed by atoms with E-state index in [2.05, 4.69) is 5.32 Å². The number of carbonyl (C=O) groups excluding carboxylic acids is 2. The highest BCUT2D eigenvalue weighted by molar-refractivity contribution is 5.96. The van der Waals surface area contributed by atoms with Gasteiger partial charge in [0, 0.05) is 12.7 Å². The van der Waals surface area contributed by atoms with Crippen LogP contribution in [0, 0.1) is 27.7 Å². The van der Waals surface area contributed by atoms with Crippen molar-refractivity contribution >= 4 is 17.5 Å². The molecule has 3 N–H and O–H groups in total. The van der Waals surface area contributed by atoms with Crippen LogP contribution in [-0.2, 0) is 9.59 Å². The lowest BCUT2D eigenvalue weighted by atomic mass is 10.0. The molecule has 138 valence electrons. The van der Waals surface area contributed by atoms with Gasteiger partial charge in [-0.1, -0.05) is 47.5 Å². The third-order valence-electron chi connectivity index (χ3n) is 4.40. The van der Waals surface area contributed by atoms with Gasteiger partial charge >= 0.3 is 0 Å². The molecule has 0 aliphatic rings. The number of aryl methyl sites for hydroxylation is 4. The highest BCUT2D eigenvalue weighted by Gasteiger charge is 2.22. The maximum Gasteiger partial charge on any atom is 0.244 e. The SMILES string of the molecule is Cc1ccc(C(N)C(=O)N(C)CC(=O)Nc2c(C)cc(C)cc2C)cc1. The van der Waals surface area contributed by atoms with Crippen LogP contribution in [0.5, 0.6) is 0 Å². The molecule has 0 saturated heterocycles. The van der Waals surface area contributed by atoms with Gasteiger partial charge in [0.05, 0.1) is 6.54 Å². The van der Waals surface area contributed by atoms with Crippen LogP contribution in [0.15, 0.2) is 36.4 Å². The standard InChI is InChI=1S/C21H27N3O2/c1-13-6-8-17(9-7-13)19(22)21(26)24(5)12-18(25)23-20-15(3)10-14(2)11-16(20)4/h6-11,19H,12,22H2,1-5H3,(H,23,25). The molecule has 1 unspecified atom stereocenters. The van der Waals surface area contributed by atoms with Crippen LogP contribution < -0.4 is 11.1 Å². The maximum atomic E-state index is 12.5. The molecule has 0 aliphatic carbocycles. The Morgan fingerprint density at radius 2 is 1.54 bits per heavy atom. The molecule has 0 saturated carbocycles. The number of amides is 2. The molecule has 0 heterocycles. The van der Waals surface area contributed by atoms with Gasteiger partial charge in [0.1, 0.15) is 6.04 Å². The largest absolute Gasteiger partial charge is 0.335 e. The zero-order valence-electron chi connectivity index (χ0n) is 16.1. The van der Waals surface area contributed by atoms with Gasteiger partial charge in [-0.25, -0.2) is 0 Å². The summed E-state index contributed by atoms with van der Waals surface area (Å²) < 4.78 is 0. The van der Waals surface area contributed by atoms with Gasteiger partial charge in [-0.3, -0.25) is 9.59 Å². The minimum Gasteiger partial charge on any atom is -0.335 e. The molecule has 0 fully saturated rings. The second-order valence-corrected chi connectivity index (χ2v) is 6.90. The van der Waals surface area contributed by atoms with E-state index >= 15 is 0 Å². The van der Waals surface area contributed by atoms with Gasteiger partial charge in [0.25, 0.3) is 0 Å². The fourth-order valence-corrected chi connectivity index (χ4v) is 3.00. The van der Waals surface area contributed by atoms with Crippen molar-refractivity contribution in [2.45, 2.75) is 33.7 Å². The molecule has 5 heteroatoms. The van der Waals surface area contributed by atoms with E-state index in [9.17, 15) is 9.59 Å². The Labute approximate surface area is 155 Å². The number of nitrogens with two attached hydrogens (primary N) is 1. The zero-order valence-corrected chi connectivity index (χ0v) is 16.1. The molecule has 2 aromatic rings. The lowest BCUT2D eigenvalue weighted by molar-refractivity contribution is -0.134. The van der Waals surface area contributed by atoms with E-state index in [0.29, 0.717) is 0 Å². The number of carbonyl (C=O) groups is 2. The molecule has 0 radical (unpaired) electrons. The van der Waals surface area contributed by atoms with Crippen molar-refractivity contribution in [1.29, 1.82) is 0 Å². The summed E-state index contributed by atoms with van der Waals surface area (Å²) in [6.45, 7) is 7.86. The second kappa shape index (κ2) is 8.15. The van der Waals surface area contributed by atoms with Crippen molar-refractivity contribution in [1.82, 2.24) is 4.90 Å². The normalized spacial score (nSPS) is 11.8. The third-order valence-corrected chi connectivity index (χ3v) is 4.40. The first-order valence-corrected chi connectivity index (χ1v) is 8.64. The predicted octanol–water partition coefficient (Wildman–Crippen LogP) is 3.02. The first-order chi connectivity index (χ1) is 12.2. The van der Waals surface area contributed by atoms with Crippen molar-refractivity contribution in [3.8, 4) is 0 Å². The third kappa shape index (κ3) is 4.70. The van der Waals surface area contributed by atoms with E-state index in [1.165, 1.54) is 4.90 Å². The maximum absolute atomic E-state index is 12.5. The molecule has 2 amide bonds. The molecule has 2 rings (SSSR count). The van der Waals surface area contributed by atoms with Crippen LogP contribution in [0.25, 0.3) is 0 Å². The minimum atomic E-state index is -0.781. The van der Waals surface area contributed by atoms with E-state index in [4.69, 9.17) is 5.73 Å². The summed E-state index contributed by atoms with van der Waals surface area (Å²) >= 11 is 0.